The van der Waals surface area contributed by atoms with Crippen LogP contribution in [0.15, 0.2) is 36.0 Å². The molecule has 0 bridgehead atoms. The summed E-state index contributed by atoms with van der Waals surface area (Å²) in [5.41, 5.74) is 0.927. The minimum absolute atomic E-state index is 0.00875. The van der Waals surface area contributed by atoms with Crippen molar-refractivity contribution >= 4 is 11.9 Å². The molecule has 0 unspecified atom stereocenters. The van der Waals surface area contributed by atoms with Crippen LogP contribution in [-0.2, 0) is 23.8 Å². The van der Waals surface area contributed by atoms with Crippen molar-refractivity contribution in [1.82, 2.24) is 5.32 Å². The average Bonchev–Trinajstić information content (AvgIpc) is 3.49. The Bertz CT molecular complexity index is 812. The molecule has 0 saturated carbocycles. The molecule has 0 aromatic rings. The maximum absolute atomic E-state index is 12.2. The molecule has 0 aromatic carbocycles. The number of carbonyl (C=O) groups excluding carboxylic acids is 1. The standard InChI is InChI=1S/C27H41NO6/c1-17(2)6-11-25(29)28-23-12-19(4)24(33-20(23)5)10-8-18(3)7-9-21-14-27(16-32-27)15-22(34-21)13-26(30)31/h6-9,11,17,19-24H,10,12-16H2,1-5H3,(H,28,29)(H,30,31)/b9-7+,11-6-,18-8+/t19-,20+,21+,22-,23+,24-,27+/m0/s1. The predicted octanol–water partition coefficient (Wildman–Crippen LogP) is 4.18. The lowest BCUT2D eigenvalue weighted by Crippen LogP contribution is -2.50. The minimum Gasteiger partial charge on any atom is -0.481 e. The Labute approximate surface area is 203 Å². The van der Waals surface area contributed by atoms with E-state index in [-0.39, 0.29) is 48.4 Å². The first-order valence-electron chi connectivity index (χ1n) is 12.6. The van der Waals surface area contributed by atoms with Crippen molar-refractivity contribution in [3.63, 3.8) is 0 Å². The van der Waals surface area contributed by atoms with Gasteiger partial charge in [0, 0.05) is 12.8 Å². The molecule has 3 fully saturated rings. The number of hydrogen-bond acceptors (Lipinski definition) is 5. The van der Waals surface area contributed by atoms with Crippen molar-refractivity contribution in [2.75, 3.05) is 6.61 Å². The highest BCUT2D eigenvalue weighted by atomic mass is 16.6. The molecular formula is C27H41NO6. The van der Waals surface area contributed by atoms with Gasteiger partial charge < -0.3 is 24.6 Å². The van der Waals surface area contributed by atoms with Crippen molar-refractivity contribution in [2.45, 2.75) is 103 Å². The smallest absolute Gasteiger partial charge is 0.305 e. The second kappa shape index (κ2) is 11.6. The van der Waals surface area contributed by atoms with E-state index < -0.39 is 5.97 Å². The summed E-state index contributed by atoms with van der Waals surface area (Å²) in [4.78, 5) is 23.3. The highest BCUT2D eigenvalue weighted by molar-refractivity contribution is 5.87. The molecule has 0 radical (unpaired) electrons. The zero-order valence-electron chi connectivity index (χ0n) is 21.2. The van der Waals surface area contributed by atoms with Gasteiger partial charge in [0.05, 0.1) is 49.1 Å². The van der Waals surface area contributed by atoms with E-state index in [0.717, 1.165) is 24.8 Å². The molecule has 1 amide bonds. The quantitative estimate of drug-likeness (QED) is 0.295. The number of carbonyl (C=O) groups is 2. The van der Waals surface area contributed by atoms with E-state index in [4.69, 9.17) is 19.3 Å². The summed E-state index contributed by atoms with van der Waals surface area (Å²) in [5, 5.41) is 12.2. The summed E-state index contributed by atoms with van der Waals surface area (Å²) in [7, 11) is 0. The van der Waals surface area contributed by atoms with E-state index in [1.165, 1.54) is 0 Å². The van der Waals surface area contributed by atoms with Gasteiger partial charge in [0.15, 0.2) is 0 Å². The Kier molecular flexibility index (Phi) is 9.13. The molecule has 7 atom stereocenters. The second-order valence-corrected chi connectivity index (χ2v) is 10.6. The normalized spacial score (nSPS) is 36.5. The molecule has 3 heterocycles. The number of hydrogen-bond donors (Lipinski definition) is 2. The summed E-state index contributed by atoms with van der Waals surface area (Å²) in [6, 6.07) is 0.0136. The van der Waals surface area contributed by atoms with Gasteiger partial charge in [-0.3, -0.25) is 9.59 Å². The second-order valence-electron chi connectivity index (χ2n) is 10.6. The Balaban J connectivity index is 1.49. The Morgan fingerprint density at radius 1 is 1.18 bits per heavy atom. The molecule has 7 heteroatoms. The van der Waals surface area contributed by atoms with Gasteiger partial charge in [0.25, 0.3) is 0 Å². The minimum atomic E-state index is -0.842. The van der Waals surface area contributed by atoms with Crippen LogP contribution in [0.2, 0.25) is 0 Å². The number of allylic oxidation sites excluding steroid dienone is 3. The van der Waals surface area contributed by atoms with E-state index in [0.29, 0.717) is 24.9 Å². The van der Waals surface area contributed by atoms with E-state index >= 15 is 0 Å². The molecule has 1 spiro atoms. The Hall–Kier alpha value is -1.96. The summed E-state index contributed by atoms with van der Waals surface area (Å²) >= 11 is 0. The first-order chi connectivity index (χ1) is 16.0. The van der Waals surface area contributed by atoms with Crippen molar-refractivity contribution in [3.05, 3.63) is 36.0 Å². The van der Waals surface area contributed by atoms with Crippen molar-refractivity contribution in [3.8, 4) is 0 Å². The number of carboxylic acid groups (broad SMARTS) is 1. The first kappa shape index (κ1) is 26.6. The van der Waals surface area contributed by atoms with Crippen LogP contribution in [0.5, 0.6) is 0 Å². The molecule has 3 aliphatic rings. The van der Waals surface area contributed by atoms with Crippen molar-refractivity contribution in [1.29, 1.82) is 0 Å². The Morgan fingerprint density at radius 3 is 2.56 bits per heavy atom. The summed E-state index contributed by atoms with van der Waals surface area (Å²) in [6.45, 7) is 11.0. The molecule has 2 N–H and O–H groups in total. The highest BCUT2D eigenvalue weighted by Crippen LogP contribution is 2.43. The van der Waals surface area contributed by atoms with Gasteiger partial charge >= 0.3 is 5.97 Å². The Morgan fingerprint density at radius 2 is 1.91 bits per heavy atom. The average molecular weight is 476 g/mol. The number of amides is 1. The number of aliphatic carboxylic acids is 1. The lowest BCUT2D eigenvalue weighted by molar-refractivity contribution is -0.143. The SMILES string of the molecule is CC(/C=C/[C@@H]1C[C@]2(CO2)C[C@H](CC(=O)O)O1)=C\C[C@@H]1O[C@H](C)[C@H](NC(=O)/C=C\C(C)C)C[C@@H]1C. The number of carboxylic acids is 1. The van der Waals surface area contributed by atoms with E-state index in [1.54, 1.807) is 6.08 Å². The van der Waals surface area contributed by atoms with Crippen LogP contribution in [0.3, 0.4) is 0 Å². The first-order valence-corrected chi connectivity index (χ1v) is 12.6. The third kappa shape index (κ3) is 8.07. The number of nitrogens with one attached hydrogen (secondary N) is 1. The molecular weight excluding hydrogens is 434 g/mol. The van der Waals surface area contributed by atoms with Crippen LogP contribution in [0.1, 0.15) is 66.7 Å². The van der Waals surface area contributed by atoms with E-state index in [1.807, 2.05) is 39.0 Å². The van der Waals surface area contributed by atoms with Gasteiger partial charge in [-0.15, -0.1) is 0 Å². The maximum Gasteiger partial charge on any atom is 0.305 e. The molecule has 0 aromatic heterocycles. The monoisotopic (exact) mass is 475 g/mol. The largest absolute Gasteiger partial charge is 0.481 e. The highest BCUT2D eigenvalue weighted by Gasteiger charge is 2.51. The van der Waals surface area contributed by atoms with Gasteiger partial charge in [0.1, 0.15) is 0 Å². The molecule has 190 valence electrons. The molecule has 0 aliphatic carbocycles. The molecule has 3 rings (SSSR count). The predicted molar refractivity (Wildman–Crippen MR) is 130 cm³/mol. The van der Waals surface area contributed by atoms with Crippen molar-refractivity contribution < 1.29 is 28.9 Å². The molecule has 3 saturated heterocycles. The van der Waals surface area contributed by atoms with Crippen LogP contribution < -0.4 is 5.32 Å². The fourth-order valence-electron chi connectivity index (χ4n) is 4.83. The zero-order chi connectivity index (χ0) is 24.9. The fraction of sp³-hybridized carbons (Fsp3) is 0.704. The number of epoxide rings is 1. The summed E-state index contributed by atoms with van der Waals surface area (Å²) < 4.78 is 17.9. The maximum atomic E-state index is 12.2. The molecule has 34 heavy (non-hydrogen) atoms. The third-order valence-corrected chi connectivity index (χ3v) is 6.92. The lowest BCUT2D eigenvalue weighted by Gasteiger charge is -2.39. The van der Waals surface area contributed by atoms with E-state index in [2.05, 4.69) is 25.2 Å². The van der Waals surface area contributed by atoms with Crippen LogP contribution in [0.25, 0.3) is 0 Å². The van der Waals surface area contributed by atoms with Gasteiger partial charge in [0.2, 0.25) is 5.91 Å². The summed E-state index contributed by atoms with van der Waals surface area (Å²) in [5.74, 6) is -0.230. The lowest BCUT2D eigenvalue weighted by atomic mass is 9.88. The summed E-state index contributed by atoms with van der Waals surface area (Å²) in [6.07, 6.45) is 12.5. The number of ether oxygens (including phenoxy) is 3. The topological polar surface area (TPSA) is 97.4 Å². The van der Waals surface area contributed by atoms with Gasteiger partial charge in [-0.05, 0) is 44.6 Å². The molecule has 3 aliphatic heterocycles. The van der Waals surface area contributed by atoms with Gasteiger partial charge in [-0.1, -0.05) is 50.6 Å². The van der Waals surface area contributed by atoms with Crippen LogP contribution in [0, 0.1) is 11.8 Å². The fourth-order valence-corrected chi connectivity index (χ4v) is 4.83. The van der Waals surface area contributed by atoms with Crippen LogP contribution in [0.4, 0.5) is 0 Å². The third-order valence-electron chi connectivity index (χ3n) is 6.92. The number of rotatable bonds is 9. The van der Waals surface area contributed by atoms with Crippen LogP contribution >= 0.6 is 0 Å². The van der Waals surface area contributed by atoms with Crippen LogP contribution in [-0.4, -0.2) is 59.6 Å². The van der Waals surface area contributed by atoms with Gasteiger partial charge in [-0.2, -0.15) is 0 Å². The van der Waals surface area contributed by atoms with Crippen molar-refractivity contribution in [2.24, 2.45) is 11.8 Å². The zero-order valence-corrected chi connectivity index (χ0v) is 21.2. The molecule has 7 nitrogen and oxygen atoms in total. The van der Waals surface area contributed by atoms with Gasteiger partial charge in [-0.25, -0.2) is 0 Å². The van der Waals surface area contributed by atoms with E-state index in [9.17, 15) is 9.59 Å².